The van der Waals surface area contributed by atoms with Gasteiger partial charge in [-0.05, 0) is 49.5 Å². The number of allylic oxidation sites excluding steroid dienone is 1. The molecule has 0 amide bonds. The van der Waals surface area contributed by atoms with Gasteiger partial charge in [0, 0.05) is 49.4 Å². The number of rotatable bonds is 4. The van der Waals surface area contributed by atoms with Crippen LogP contribution in [-0.4, -0.2) is 49.5 Å². The van der Waals surface area contributed by atoms with E-state index in [1.165, 1.54) is 16.8 Å². The molecule has 6 heteroatoms. The predicted molar refractivity (Wildman–Crippen MR) is 110 cm³/mol. The quantitative estimate of drug-likeness (QED) is 0.880. The molecular formula is C22H26N4O2. The summed E-state index contributed by atoms with van der Waals surface area (Å²) in [5, 5.41) is 3.38. The SMILES string of the molecule is C1=C(C2CCOCC2)Cc2cnc(Nc3cccc(N4CCOCC4)c3)nc21. The maximum atomic E-state index is 5.50. The molecule has 2 fully saturated rings. The van der Waals surface area contributed by atoms with E-state index < -0.39 is 0 Å². The Balaban J connectivity index is 1.31. The zero-order valence-corrected chi connectivity index (χ0v) is 16.1. The van der Waals surface area contributed by atoms with Gasteiger partial charge in [-0.1, -0.05) is 11.6 Å². The van der Waals surface area contributed by atoms with Crippen molar-refractivity contribution in [2.75, 3.05) is 49.7 Å². The summed E-state index contributed by atoms with van der Waals surface area (Å²) in [5.74, 6) is 1.28. The fourth-order valence-corrected chi connectivity index (χ4v) is 4.25. The molecule has 3 aliphatic rings. The number of hydrogen-bond acceptors (Lipinski definition) is 6. The third-order valence-electron chi connectivity index (χ3n) is 5.84. The van der Waals surface area contributed by atoms with E-state index in [2.05, 4.69) is 45.5 Å². The van der Waals surface area contributed by atoms with Gasteiger partial charge in [0.15, 0.2) is 0 Å². The molecular weight excluding hydrogens is 352 g/mol. The average molecular weight is 378 g/mol. The van der Waals surface area contributed by atoms with E-state index in [1.807, 2.05) is 6.20 Å². The molecule has 1 aromatic heterocycles. The van der Waals surface area contributed by atoms with Crippen molar-refractivity contribution in [3.63, 3.8) is 0 Å². The van der Waals surface area contributed by atoms with Gasteiger partial charge in [0.25, 0.3) is 0 Å². The summed E-state index contributed by atoms with van der Waals surface area (Å²) in [6.07, 6.45) is 7.45. The number of nitrogens with one attached hydrogen (secondary N) is 1. The number of anilines is 3. The molecule has 1 N–H and O–H groups in total. The minimum atomic E-state index is 0.629. The van der Waals surface area contributed by atoms with Crippen LogP contribution < -0.4 is 10.2 Å². The van der Waals surface area contributed by atoms with E-state index in [0.29, 0.717) is 11.9 Å². The number of hydrogen-bond donors (Lipinski definition) is 1. The minimum Gasteiger partial charge on any atom is -0.381 e. The van der Waals surface area contributed by atoms with Crippen LogP contribution in [0.1, 0.15) is 24.1 Å². The van der Waals surface area contributed by atoms with E-state index >= 15 is 0 Å². The van der Waals surface area contributed by atoms with Gasteiger partial charge in [-0.15, -0.1) is 0 Å². The maximum Gasteiger partial charge on any atom is 0.227 e. The first-order valence-corrected chi connectivity index (χ1v) is 10.2. The van der Waals surface area contributed by atoms with Crippen molar-refractivity contribution in [3.05, 3.63) is 47.3 Å². The first-order chi connectivity index (χ1) is 13.8. The molecule has 6 nitrogen and oxygen atoms in total. The summed E-state index contributed by atoms with van der Waals surface area (Å²) in [6, 6.07) is 8.43. The second kappa shape index (κ2) is 7.89. The van der Waals surface area contributed by atoms with Gasteiger partial charge in [0.2, 0.25) is 5.95 Å². The van der Waals surface area contributed by atoms with Crippen molar-refractivity contribution in [2.45, 2.75) is 19.3 Å². The maximum absolute atomic E-state index is 5.50. The van der Waals surface area contributed by atoms with Gasteiger partial charge >= 0.3 is 0 Å². The van der Waals surface area contributed by atoms with E-state index in [9.17, 15) is 0 Å². The second-order valence-corrected chi connectivity index (χ2v) is 7.66. The number of morpholine rings is 1. The molecule has 0 radical (unpaired) electrons. The monoisotopic (exact) mass is 378 g/mol. The highest BCUT2D eigenvalue weighted by Gasteiger charge is 2.24. The normalized spacial score (nSPS) is 20.0. The third kappa shape index (κ3) is 3.75. The number of aromatic nitrogens is 2. The molecule has 1 aromatic carbocycles. The smallest absolute Gasteiger partial charge is 0.227 e. The molecule has 2 aromatic rings. The molecule has 1 aliphatic carbocycles. The highest BCUT2D eigenvalue weighted by molar-refractivity contribution is 5.65. The van der Waals surface area contributed by atoms with Crippen LogP contribution in [-0.2, 0) is 15.9 Å². The molecule has 2 aliphatic heterocycles. The number of benzene rings is 1. The van der Waals surface area contributed by atoms with Gasteiger partial charge in [-0.3, -0.25) is 0 Å². The summed E-state index contributed by atoms with van der Waals surface area (Å²) >= 11 is 0. The first kappa shape index (κ1) is 17.6. The topological polar surface area (TPSA) is 59.5 Å². The van der Waals surface area contributed by atoms with Crippen LogP contribution in [0.2, 0.25) is 0 Å². The molecule has 0 atom stereocenters. The van der Waals surface area contributed by atoms with Crippen LogP contribution in [0.15, 0.2) is 36.0 Å². The summed E-state index contributed by atoms with van der Waals surface area (Å²) in [7, 11) is 0. The lowest BCUT2D eigenvalue weighted by atomic mass is 9.90. The molecule has 0 unspecified atom stereocenters. The van der Waals surface area contributed by atoms with Crippen molar-refractivity contribution < 1.29 is 9.47 Å². The summed E-state index contributed by atoms with van der Waals surface area (Å²) in [5.41, 5.74) is 5.99. The third-order valence-corrected chi connectivity index (χ3v) is 5.84. The summed E-state index contributed by atoms with van der Waals surface area (Å²) in [6.45, 7) is 5.17. The number of fused-ring (bicyclic) bond motifs is 1. The molecule has 28 heavy (non-hydrogen) atoms. The van der Waals surface area contributed by atoms with Crippen LogP contribution in [0.25, 0.3) is 6.08 Å². The Morgan fingerprint density at radius 3 is 2.71 bits per heavy atom. The van der Waals surface area contributed by atoms with E-state index in [0.717, 1.165) is 70.2 Å². The molecule has 0 saturated carbocycles. The van der Waals surface area contributed by atoms with Gasteiger partial charge in [-0.25, -0.2) is 9.97 Å². The Bertz CT molecular complexity index is 871. The Morgan fingerprint density at radius 1 is 1.04 bits per heavy atom. The van der Waals surface area contributed by atoms with Crippen molar-refractivity contribution in [2.24, 2.45) is 5.92 Å². The second-order valence-electron chi connectivity index (χ2n) is 7.66. The standard InChI is InChI=1S/C22H26N4O2/c1-2-19(14-20(3-1)26-6-10-28-11-7-26)24-22-23-15-18-12-17(13-21(18)25-22)16-4-8-27-9-5-16/h1-3,13-16H,4-12H2,(H,23,24,25). The lowest BCUT2D eigenvalue weighted by molar-refractivity contribution is 0.0756. The van der Waals surface area contributed by atoms with Gasteiger partial charge in [0.1, 0.15) is 0 Å². The Labute approximate surface area is 165 Å². The molecule has 5 rings (SSSR count). The van der Waals surface area contributed by atoms with Crippen molar-refractivity contribution in [3.8, 4) is 0 Å². The number of nitrogens with zero attached hydrogens (tertiary/aromatic N) is 3. The fraction of sp³-hybridized carbons (Fsp3) is 0.455. The van der Waals surface area contributed by atoms with Gasteiger partial charge in [0.05, 0.1) is 18.9 Å². The Kier molecular flexibility index (Phi) is 4.97. The average Bonchev–Trinajstić information content (AvgIpc) is 3.19. The zero-order valence-electron chi connectivity index (χ0n) is 16.1. The fourth-order valence-electron chi connectivity index (χ4n) is 4.25. The molecule has 3 heterocycles. The van der Waals surface area contributed by atoms with Gasteiger partial charge < -0.3 is 19.7 Å². The van der Waals surface area contributed by atoms with Crippen LogP contribution in [0.4, 0.5) is 17.3 Å². The van der Waals surface area contributed by atoms with E-state index in [4.69, 9.17) is 14.5 Å². The minimum absolute atomic E-state index is 0.629. The Morgan fingerprint density at radius 2 is 1.86 bits per heavy atom. The lowest BCUT2D eigenvalue weighted by Gasteiger charge is -2.29. The largest absolute Gasteiger partial charge is 0.381 e. The van der Waals surface area contributed by atoms with Crippen molar-refractivity contribution in [1.82, 2.24) is 9.97 Å². The molecule has 2 saturated heterocycles. The molecule has 146 valence electrons. The molecule has 0 spiro atoms. The summed E-state index contributed by atoms with van der Waals surface area (Å²) in [4.78, 5) is 11.7. The van der Waals surface area contributed by atoms with Crippen LogP contribution in [0, 0.1) is 5.92 Å². The summed E-state index contributed by atoms with van der Waals surface area (Å²) < 4.78 is 11.0. The van der Waals surface area contributed by atoms with Crippen molar-refractivity contribution in [1.29, 1.82) is 0 Å². The predicted octanol–water partition coefficient (Wildman–Crippen LogP) is 3.42. The first-order valence-electron chi connectivity index (χ1n) is 10.2. The van der Waals surface area contributed by atoms with Crippen LogP contribution in [0.5, 0.6) is 0 Å². The number of ether oxygens (including phenoxy) is 2. The molecule has 0 bridgehead atoms. The van der Waals surface area contributed by atoms with Gasteiger partial charge in [-0.2, -0.15) is 0 Å². The van der Waals surface area contributed by atoms with Crippen LogP contribution >= 0.6 is 0 Å². The van der Waals surface area contributed by atoms with Crippen molar-refractivity contribution >= 4 is 23.4 Å². The van der Waals surface area contributed by atoms with E-state index in [-0.39, 0.29) is 0 Å². The lowest BCUT2D eigenvalue weighted by Crippen LogP contribution is -2.36. The van der Waals surface area contributed by atoms with E-state index in [1.54, 1.807) is 0 Å². The Hall–Kier alpha value is -2.44. The highest BCUT2D eigenvalue weighted by Crippen LogP contribution is 2.33. The highest BCUT2D eigenvalue weighted by atomic mass is 16.5. The van der Waals surface area contributed by atoms with Crippen LogP contribution in [0.3, 0.4) is 0 Å². The zero-order chi connectivity index (χ0) is 18.8.